The van der Waals surface area contributed by atoms with E-state index in [1.165, 1.54) is 24.3 Å². The standard InChI is InChI=1S/C22H17F3N4OS/c1-14-10-11-29-13-19(28-20(29)12-14)15-2-4-16(5-3-15)26-21(30)27-17-6-8-18(9-7-17)31-22(23,24)25/h2-13H,1H3,(H2,26,27,30). The van der Waals surface area contributed by atoms with E-state index in [4.69, 9.17) is 0 Å². The fraction of sp³-hybridized carbons (Fsp3) is 0.0909. The van der Waals surface area contributed by atoms with Gasteiger partial charge in [0.2, 0.25) is 0 Å². The van der Waals surface area contributed by atoms with Crippen LogP contribution in [-0.2, 0) is 0 Å². The summed E-state index contributed by atoms with van der Waals surface area (Å²) in [4.78, 5) is 16.8. The molecule has 0 bridgehead atoms. The number of nitrogens with one attached hydrogen (secondary N) is 2. The van der Waals surface area contributed by atoms with E-state index in [2.05, 4.69) is 15.6 Å². The molecule has 9 heteroatoms. The number of amides is 2. The van der Waals surface area contributed by atoms with Crippen LogP contribution < -0.4 is 10.6 Å². The predicted molar refractivity (Wildman–Crippen MR) is 116 cm³/mol. The van der Waals surface area contributed by atoms with Crippen LogP contribution in [0.3, 0.4) is 0 Å². The van der Waals surface area contributed by atoms with Crippen LogP contribution in [0.5, 0.6) is 0 Å². The summed E-state index contributed by atoms with van der Waals surface area (Å²) in [5, 5.41) is 5.29. The van der Waals surface area contributed by atoms with Crippen LogP contribution in [0.2, 0.25) is 0 Å². The maximum absolute atomic E-state index is 12.4. The number of thioether (sulfide) groups is 1. The Morgan fingerprint density at radius 2 is 1.58 bits per heavy atom. The number of benzene rings is 2. The molecule has 0 unspecified atom stereocenters. The zero-order chi connectivity index (χ0) is 22.0. The van der Waals surface area contributed by atoms with Gasteiger partial charge in [-0.2, -0.15) is 13.2 Å². The minimum Gasteiger partial charge on any atom is -0.308 e. The van der Waals surface area contributed by atoms with Crippen molar-refractivity contribution in [3.63, 3.8) is 0 Å². The summed E-state index contributed by atoms with van der Waals surface area (Å²) < 4.78 is 39.1. The number of nitrogens with zero attached hydrogens (tertiary/aromatic N) is 2. The summed E-state index contributed by atoms with van der Waals surface area (Å²) in [5.74, 6) is 0. The first-order chi connectivity index (χ1) is 14.7. The van der Waals surface area contributed by atoms with Gasteiger partial charge in [-0.25, -0.2) is 9.78 Å². The first-order valence-corrected chi connectivity index (χ1v) is 10.1. The fourth-order valence-electron chi connectivity index (χ4n) is 2.98. The monoisotopic (exact) mass is 442 g/mol. The number of rotatable bonds is 4. The number of urea groups is 1. The molecule has 2 amide bonds. The largest absolute Gasteiger partial charge is 0.446 e. The lowest BCUT2D eigenvalue weighted by atomic mass is 10.1. The molecule has 0 radical (unpaired) electrons. The van der Waals surface area contributed by atoms with Gasteiger partial charge in [0.05, 0.1) is 5.69 Å². The summed E-state index contributed by atoms with van der Waals surface area (Å²) in [7, 11) is 0. The van der Waals surface area contributed by atoms with Gasteiger partial charge in [0.25, 0.3) is 0 Å². The molecule has 0 saturated carbocycles. The molecule has 2 aromatic carbocycles. The minimum atomic E-state index is -4.35. The van der Waals surface area contributed by atoms with E-state index in [1.54, 1.807) is 12.1 Å². The highest BCUT2D eigenvalue weighted by molar-refractivity contribution is 8.00. The van der Waals surface area contributed by atoms with Gasteiger partial charge >= 0.3 is 11.5 Å². The van der Waals surface area contributed by atoms with Gasteiger partial charge in [-0.1, -0.05) is 12.1 Å². The molecule has 2 heterocycles. The molecule has 4 aromatic rings. The van der Waals surface area contributed by atoms with E-state index in [0.29, 0.717) is 11.4 Å². The summed E-state index contributed by atoms with van der Waals surface area (Å²) in [6, 6.07) is 16.2. The van der Waals surface area contributed by atoms with Gasteiger partial charge in [-0.15, -0.1) is 0 Å². The van der Waals surface area contributed by atoms with Crippen LogP contribution in [-0.4, -0.2) is 20.9 Å². The van der Waals surface area contributed by atoms with E-state index in [-0.39, 0.29) is 16.7 Å². The second-order valence-corrected chi connectivity index (χ2v) is 7.96. The van der Waals surface area contributed by atoms with Gasteiger partial charge in [0.15, 0.2) is 0 Å². The van der Waals surface area contributed by atoms with Gasteiger partial charge < -0.3 is 15.0 Å². The highest BCUT2D eigenvalue weighted by Crippen LogP contribution is 2.37. The zero-order valence-electron chi connectivity index (χ0n) is 16.3. The summed E-state index contributed by atoms with van der Waals surface area (Å²) >= 11 is -0.203. The van der Waals surface area contributed by atoms with E-state index in [9.17, 15) is 18.0 Å². The Morgan fingerprint density at radius 3 is 2.19 bits per heavy atom. The molecular weight excluding hydrogens is 425 g/mol. The molecule has 5 nitrogen and oxygen atoms in total. The van der Waals surface area contributed by atoms with Crippen molar-refractivity contribution in [2.45, 2.75) is 17.3 Å². The molecule has 0 spiro atoms. The quantitative estimate of drug-likeness (QED) is 0.352. The zero-order valence-corrected chi connectivity index (χ0v) is 17.1. The number of aryl methyl sites for hydroxylation is 1. The SMILES string of the molecule is Cc1ccn2cc(-c3ccc(NC(=O)Nc4ccc(SC(F)(F)F)cc4)cc3)nc2c1. The molecular formula is C22H17F3N4OS. The Balaban J connectivity index is 1.38. The van der Waals surface area contributed by atoms with Crippen LogP contribution in [0.4, 0.5) is 29.3 Å². The molecule has 0 saturated heterocycles. The van der Waals surface area contributed by atoms with Gasteiger partial charge in [-0.05, 0) is 72.8 Å². The van der Waals surface area contributed by atoms with Crippen molar-refractivity contribution in [2.75, 3.05) is 10.6 Å². The number of carbonyl (C=O) groups excluding carboxylic acids is 1. The van der Waals surface area contributed by atoms with E-state index < -0.39 is 11.5 Å². The third-order valence-electron chi connectivity index (χ3n) is 4.40. The number of hydrogen-bond donors (Lipinski definition) is 2. The summed E-state index contributed by atoms with van der Waals surface area (Å²) in [6.07, 6.45) is 3.89. The van der Waals surface area contributed by atoms with Gasteiger partial charge in [0, 0.05) is 34.2 Å². The lowest BCUT2D eigenvalue weighted by molar-refractivity contribution is -0.0328. The Morgan fingerprint density at radius 1 is 0.968 bits per heavy atom. The number of aromatic nitrogens is 2. The van der Waals surface area contributed by atoms with Gasteiger partial charge in [0.1, 0.15) is 5.65 Å². The van der Waals surface area contributed by atoms with Crippen molar-refractivity contribution in [3.05, 3.63) is 78.6 Å². The average Bonchev–Trinajstić information content (AvgIpc) is 3.12. The number of pyridine rings is 1. The fourth-order valence-corrected chi connectivity index (χ4v) is 3.52. The molecule has 2 aromatic heterocycles. The molecule has 0 aliphatic carbocycles. The molecule has 0 aliphatic rings. The van der Waals surface area contributed by atoms with E-state index in [1.807, 2.05) is 48.0 Å². The van der Waals surface area contributed by atoms with Crippen molar-refractivity contribution >= 4 is 34.8 Å². The first-order valence-electron chi connectivity index (χ1n) is 9.25. The number of anilines is 2. The van der Waals surface area contributed by atoms with Crippen molar-refractivity contribution < 1.29 is 18.0 Å². The van der Waals surface area contributed by atoms with Crippen LogP contribution in [0.1, 0.15) is 5.56 Å². The van der Waals surface area contributed by atoms with Crippen LogP contribution >= 0.6 is 11.8 Å². The van der Waals surface area contributed by atoms with Gasteiger partial charge in [-0.3, -0.25) is 0 Å². The number of hydrogen-bond acceptors (Lipinski definition) is 3. The van der Waals surface area contributed by atoms with Crippen molar-refractivity contribution in [2.24, 2.45) is 0 Å². The molecule has 0 atom stereocenters. The number of imidazole rings is 1. The lowest BCUT2D eigenvalue weighted by Crippen LogP contribution is -2.19. The summed E-state index contributed by atoms with van der Waals surface area (Å²) in [5.41, 5.74) is 0.329. The second-order valence-electron chi connectivity index (χ2n) is 6.82. The maximum Gasteiger partial charge on any atom is 0.446 e. The topological polar surface area (TPSA) is 58.4 Å². The normalized spacial score (nSPS) is 11.5. The average molecular weight is 442 g/mol. The number of fused-ring (bicyclic) bond motifs is 1. The number of halogens is 3. The van der Waals surface area contributed by atoms with Crippen LogP contribution in [0.25, 0.3) is 16.9 Å². The van der Waals surface area contributed by atoms with Crippen molar-refractivity contribution in [3.8, 4) is 11.3 Å². The van der Waals surface area contributed by atoms with Crippen LogP contribution in [0.15, 0.2) is 78.0 Å². The molecule has 0 fully saturated rings. The van der Waals surface area contributed by atoms with Crippen molar-refractivity contribution in [1.82, 2.24) is 9.38 Å². The molecule has 4 rings (SSSR count). The molecule has 31 heavy (non-hydrogen) atoms. The predicted octanol–water partition coefficient (Wildman–Crippen LogP) is 6.57. The number of alkyl halides is 3. The highest BCUT2D eigenvalue weighted by Gasteiger charge is 2.29. The van der Waals surface area contributed by atoms with E-state index >= 15 is 0 Å². The Kier molecular flexibility index (Phi) is 5.60. The molecule has 2 N–H and O–H groups in total. The second kappa shape index (κ2) is 8.35. The Hall–Kier alpha value is -3.46. The molecule has 158 valence electrons. The smallest absolute Gasteiger partial charge is 0.308 e. The third-order valence-corrected chi connectivity index (χ3v) is 5.14. The van der Waals surface area contributed by atoms with E-state index in [0.717, 1.165) is 22.5 Å². The van der Waals surface area contributed by atoms with Crippen LogP contribution in [0, 0.1) is 6.92 Å². The molecule has 0 aliphatic heterocycles. The Bertz CT molecular complexity index is 1220. The van der Waals surface area contributed by atoms with Crippen molar-refractivity contribution in [1.29, 1.82) is 0 Å². The number of carbonyl (C=O) groups is 1. The minimum absolute atomic E-state index is 0.0520. The maximum atomic E-state index is 12.4. The summed E-state index contributed by atoms with van der Waals surface area (Å²) in [6.45, 7) is 2.01. The lowest BCUT2D eigenvalue weighted by Gasteiger charge is -2.09. The first kappa shape index (κ1) is 20.8. The Labute approximate surface area is 180 Å². The highest BCUT2D eigenvalue weighted by atomic mass is 32.2. The third kappa shape index (κ3) is 5.37.